The van der Waals surface area contributed by atoms with E-state index in [-0.39, 0.29) is 17.7 Å². The normalized spacial score (nSPS) is 21.2. The van der Waals surface area contributed by atoms with E-state index >= 15 is 0 Å². The molecule has 0 radical (unpaired) electrons. The monoisotopic (exact) mass is 329 g/mol. The zero-order valence-corrected chi connectivity index (χ0v) is 14.6. The molecule has 0 amide bonds. The topological polar surface area (TPSA) is 20.3 Å². The molecule has 25 heavy (non-hydrogen) atoms. The van der Waals surface area contributed by atoms with Gasteiger partial charge < -0.3 is 4.90 Å². The van der Waals surface area contributed by atoms with Gasteiger partial charge in [-0.2, -0.15) is 0 Å². The average molecular weight is 329 g/mol. The molecule has 0 saturated carbocycles. The van der Waals surface area contributed by atoms with Crippen LogP contribution < -0.4 is 4.90 Å². The molecule has 2 nitrogen and oxygen atoms in total. The lowest BCUT2D eigenvalue weighted by Gasteiger charge is -2.41. The van der Waals surface area contributed by atoms with Gasteiger partial charge in [0.25, 0.3) is 0 Å². The van der Waals surface area contributed by atoms with Gasteiger partial charge in [-0.1, -0.05) is 61.9 Å². The fourth-order valence-corrected chi connectivity index (χ4v) is 3.83. The van der Waals surface area contributed by atoms with Gasteiger partial charge in [-0.05, 0) is 42.7 Å². The number of aryl methyl sites for hydroxylation is 1. The number of rotatable bonds is 4. The van der Waals surface area contributed by atoms with Crippen LogP contribution in [0.5, 0.6) is 0 Å². The van der Waals surface area contributed by atoms with Crippen LogP contribution >= 0.6 is 0 Å². The highest BCUT2D eigenvalue weighted by atomic mass is 16.1. The van der Waals surface area contributed by atoms with E-state index in [0.29, 0.717) is 0 Å². The van der Waals surface area contributed by atoms with E-state index in [0.717, 1.165) is 23.4 Å². The van der Waals surface area contributed by atoms with Crippen LogP contribution in [-0.2, 0) is 6.42 Å². The van der Waals surface area contributed by atoms with Crippen molar-refractivity contribution in [1.29, 1.82) is 0 Å². The molecule has 2 aromatic rings. The number of para-hydroxylation sites is 1. The fourth-order valence-electron chi connectivity index (χ4n) is 3.83. The van der Waals surface area contributed by atoms with Crippen molar-refractivity contribution in [3.05, 3.63) is 84.0 Å². The van der Waals surface area contributed by atoms with Gasteiger partial charge in [0.1, 0.15) is 0 Å². The van der Waals surface area contributed by atoms with Crippen LogP contribution in [-0.4, -0.2) is 11.8 Å². The number of Topliss-reactive ketones (excluding diaryl/α,β-unsaturated/α-hetero) is 1. The molecule has 0 aromatic heterocycles. The molecule has 2 heteroatoms. The van der Waals surface area contributed by atoms with Gasteiger partial charge in [-0.3, -0.25) is 4.79 Å². The van der Waals surface area contributed by atoms with Gasteiger partial charge in [0.05, 0.1) is 17.6 Å². The van der Waals surface area contributed by atoms with E-state index in [9.17, 15) is 4.79 Å². The molecular weight excluding hydrogens is 306 g/mol. The Kier molecular flexibility index (Phi) is 4.27. The predicted molar refractivity (Wildman–Crippen MR) is 104 cm³/mol. The SMILES string of the molecule is CCCCc1ccc(N2c3ccccc3C(=O)C3C=CC=CC32)cc1. The van der Waals surface area contributed by atoms with E-state index < -0.39 is 0 Å². The molecule has 0 bridgehead atoms. The van der Waals surface area contributed by atoms with Gasteiger partial charge in [-0.25, -0.2) is 0 Å². The Morgan fingerprint density at radius 3 is 2.52 bits per heavy atom. The van der Waals surface area contributed by atoms with E-state index in [1.807, 2.05) is 36.4 Å². The Morgan fingerprint density at radius 2 is 1.72 bits per heavy atom. The van der Waals surface area contributed by atoms with E-state index in [1.165, 1.54) is 18.4 Å². The number of fused-ring (bicyclic) bond motifs is 2. The van der Waals surface area contributed by atoms with E-state index in [2.05, 4.69) is 48.2 Å². The summed E-state index contributed by atoms with van der Waals surface area (Å²) >= 11 is 0. The first-order valence-electron chi connectivity index (χ1n) is 9.16. The van der Waals surface area contributed by atoms with Crippen molar-refractivity contribution in [2.45, 2.75) is 32.2 Å². The minimum atomic E-state index is -0.111. The molecule has 0 saturated heterocycles. The number of nitrogens with zero attached hydrogens (tertiary/aromatic N) is 1. The first-order chi connectivity index (χ1) is 12.3. The van der Waals surface area contributed by atoms with Gasteiger partial charge in [-0.15, -0.1) is 0 Å². The Balaban J connectivity index is 1.76. The van der Waals surface area contributed by atoms with E-state index in [1.54, 1.807) is 0 Å². The Bertz CT molecular complexity index is 831. The summed E-state index contributed by atoms with van der Waals surface area (Å²) < 4.78 is 0. The number of allylic oxidation sites excluding steroid dienone is 2. The van der Waals surface area contributed by atoms with Crippen molar-refractivity contribution in [2.24, 2.45) is 5.92 Å². The molecule has 2 aliphatic rings. The van der Waals surface area contributed by atoms with Crippen LogP contribution in [0.4, 0.5) is 11.4 Å². The highest BCUT2D eigenvalue weighted by Crippen LogP contribution is 2.41. The Labute approximate surface area is 149 Å². The number of carbonyl (C=O) groups is 1. The Morgan fingerprint density at radius 1 is 0.960 bits per heavy atom. The van der Waals surface area contributed by atoms with Crippen LogP contribution in [0.3, 0.4) is 0 Å². The molecule has 1 aliphatic carbocycles. The molecule has 0 N–H and O–H groups in total. The summed E-state index contributed by atoms with van der Waals surface area (Å²) in [6.07, 6.45) is 11.8. The van der Waals surface area contributed by atoms with Crippen molar-refractivity contribution < 1.29 is 4.79 Å². The highest BCUT2D eigenvalue weighted by molar-refractivity contribution is 6.07. The molecule has 4 rings (SSSR count). The minimum absolute atomic E-state index is 0.0499. The number of hydrogen-bond acceptors (Lipinski definition) is 2. The molecule has 2 unspecified atom stereocenters. The van der Waals surface area contributed by atoms with Crippen molar-refractivity contribution in [1.82, 2.24) is 0 Å². The molecule has 0 fully saturated rings. The standard InChI is InChI=1S/C23H23NO/c1-2-3-8-17-13-15-18(16-14-17)24-21-11-6-4-9-19(21)23(25)20-10-5-7-12-22(20)24/h4-7,9-16,19,21H,2-3,8H2,1H3. The average Bonchev–Trinajstić information content (AvgIpc) is 2.68. The van der Waals surface area contributed by atoms with Crippen LogP contribution in [0, 0.1) is 5.92 Å². The number of carbonyl (C=O) groups excluding carboxylic acids is 1. The van der Waals surface area contributed by atoms with Gasteiger partial charge in [0, 0.05) is 11.3 Å². The summed E-state index contributed by atoms with van der Waals surface area (Å²) in [5.74, 6) is 0.108. The first-order valence-corrected chi connectivity index (χ1v) is 9.16. The fraction of sp³-hybridized carbons (Fsp3) is 0.261. The zero-order chi connectivity index (χ0) is 17.2. The van der Waals surface area contributed by atoms with Crippen LogP contribution in [0.15, 0.2) is 72.8 Å². The lowest BCUT2D eigenvalue weighted by Crippen LogP contribution is -2.44. The maximum absolute atomic E-state index is 12.9. The molecule has 0 spiro atoms. The molecule has 2 aromatic carbocycles. The Hall–Kier alpha value is -2.61. The summed E-state index contributed by atoms with van der Waals surface area (Å²) in [5, 5.41) is 0. The van der Waals surface area contributed by atoms with Crippen LogP contribution in [0.25, 0.3) is 0 Å². The number of anilines is 2. The number of hydrogen-bond donors (Lipinski definition) is 0. The third-order valence-electron chi connectivity index (χ3n) is 5.17. The maximum Gasteiger partial charge on any atom is 0.174 e. The third-order valence-corrected chi connectivity index (χ3v) is 5.17. The molecule has 2 atom stereocenters. The summed E-state index contributed by atoms with van der Waals surface area (Å²) in [7, 11) is 0. The second kappa shape index (κ2) is 6.72. The number of unbranched alkanes of at least 4 members (excludes halogenated alkanes) is 1. The molecule has 126 valence electrons. The maximum atomic E-state index is 12.9. The van der Waals surface area contributed by atoms with E-state index in [4.69, 9.17) is 0 Å². The van der Waals surface area contributed by atoms with Crippen molar-refractivity contribution in [3.8, 4) is 0 Å². The third kappa shape index (κ3) is 2.82. The zero-order valence-electron chi connectivity index (χ0n) is 14.6. The predicted octanol–water partition coefficient (Wildman–Crippen LogP) is 5.47. The smallest absolute Gasteiger partial charge is 0.174 e. The quantitative estimate of drug-likeness (QED) is 0.741. The number of ketones is 1. The second-order valence-corrected chi connectivity index (χ2v) is 6.81. The van der Waals surface area contributed by atoms with Gasteiger partial charge in [0.15, 0.2) is 5.78 Å². The van der Waals surface area contributed by atoms with Crippen molar-refractivity contribution in [3.63, 3.8) is 0 Å². The minimum Gasteiger partial charge on any atom is -0.333 e. The summed E-state index contributed by atoms with van der Waals surface area (Å²) in [4.78, 5) is 15.2. The van der Waals surface area contributed by atoms with Crippen LogP contribution in [0.1, 0.15) is 35.7 Å². The number of benzene rings is 2. The van der Waals surface area contributed by atoms with Crippen LogP contribution in [0.2, 0.25) is 0 Å². The lowest BCUT2D eigenvalue weighted by molar-refractivity contribution is 0.0931. The van der Waals surface area contributed by atoms with Gasteiger partial charge >= 0.3 is 0 Å². The van der Waals surface area contributed by atoms with Crippen molar-refractivity contribution >= 4 is 17.2 Å². The van der Waals surface area contributed by atoms with Gasteiger partial charge in [0.2, 0.25) is 0 Å². The lowest BCUT2D eigenvalue weighted by atomic mass is 9.81. The van der Waals surface area contributed by atoms with Crippen molar-refractivity contribution in [2.75, 3.05) is 4.90 Å². The molecular formula is C23H23NO. The molecule has 1 aliphatic heterocycles. The second-order valence-electron chi connectivity index (χ2n) is 6.81. The molecule has 1 heterocycles. The first kappa shape index (κ1) is 15.9. The highest BCUT2D eigenvalue weighted by Gasteiger charge is 2.38. The summed E-state index contributed by atoms with van der Waals surface area (Å²) in [6.45, 7) is 2.22. The largest absolute Gasteiger partial charge is 0.333 e. The summed E-state index contributed by atoms with van der Waals surface area (Å²) in [6, 6.07) is 16.9. The summed E-state index contributed by atoms with van der Waals surface area (Å²) in [5.41, 5.74) is 4.35.